The van der Waals surface area contributed by atoms with Crippen LogP contribution in [-0.4, -0.2) is 33.4 Å². The normalized spacial score (nSPS) is 9.00. The zero-order chi connectivity index (χ0) is 9.44. The van der Waals surface area contributed by atoms with Crippen LogP contribution in [0.25, 0.3) is 0 Å². The van der Waals surface area contributed by atoms with Gasteiger partial charge in [-0.15, -0.1) is 13.2 Å². The van der Waals surface area contributed by atoms with Gasteiger partial charge in [-0.1, -0.05) is 0 Å². The summed E-state index contributed by atoms with van der Waals surface area (Å²) in [5.41, 5.74) is 0. The molecular formula is C6H16N2O5. The smallest absolute Gasteiger partial charge is 0.333 e. The predicted molar refractivity (Wildman–Crippen MR) is 47.2 cm³/mol. The summed E-state index contributed by atoms with van der Waals surface area (Å²) in [5, 5.41) is 24.1. The Kier molecular flexibility index (Phi) is 22.9. The molecule has 7 nitrogen and oxygen atoms in total. The molecule has 9 N–H and O–H groups in total. The first kappa shape index (κ1) is 22.6. The van der Waals surface area contributed by atoms with Crippen molar-refractivity contribution in [2.45, 2.75) is 12.5 Å². The Bertz CT molecular complexity index is 150. The van der Waals surface area contributed by atoms with Gasteiger partial charge in [-0.3, -0.25) is 4.79 Å². The summed E-state index contributed by atoms with van der Waals surface area (Å²) in [6, 6.07) is 0. The number of rotatable bonds is 3. The van der Waals surface area contributed by atoms with E-state index in [2.05, 4.69) is 13.2 Å². The molecule has 1 unspecified atom stereocenters. The second-order valence-corrected chi connectivity index (χ2v) is 1.45. The molecule has 0 bridgehead atoms. The van der Waals surface area contributed by atoms with E-state index in [1.807, 2.05) is 0 Å². The third-order valence-corrected chi connectivity index (χ3v) is 0.653. The van der Waals surface area contributed by atoms with Crippen molar-refractivity contribution in [2.24, 2.45) is 0 Å². The molecule has 0 saturated carbocycles. The van der Waals surface area contributed by atoms with Crippen molar-refractivity contribution in [3.05, 3.63) is 13.2 Å². The summed E-state index contributed by atoms with van der Waals surface area (Å²) in [6.45, 7) is 6.00. The second kappa shape index (κ2) is 13.2. The van der Waals surface area contributed by atoms with Gasteiger partial charge in [0.25, 0.3) is 0 Å². The molecule has 0 aliphatic carbocycles. The molecule has 0 amide bonds. The van der Waals surface area contributed by atoms with Gasteiger partial charge in [-0.05, 0) is 0 Å². The van der Waals surface area contributed by atoms with E-state index in [9.17, 15) is 9.59 Å². The average molecular weight is 196 g/mol. The Morgan fingerprint density at radius 3 is 1.54 bits per heavy atom. The Morgan fingerprint density at radius 1 is 1.15 bits per heavy atom. The van der Waals surface area contributed by atoms with Gasteiger partial charge in [-0.25, -0.2) is 4.79 Å². The van der Waals surface area contributed by atoms with Crippen LogP contribution >= 0.6 is 0 Å². The van der Waals surface area contributed by atoms with Crippen molar-refractivity contribution in [1.29, 1.82) is 0 Å². The van der Waals surface area contributed by atoms with E-state index in [0.717, 1.165) is 0 Å². The summed E-state index contributed by atoms with van der Waals surface area (Å²) in [6.07, 6.45) is -2.54. The highest BCUT2D eigenvalue weighted by Crippen LogP contribution is 1.89. The van der Waals surface area contributed by atoms with E-state index in [1.54, 1.807) is 0 Å². The summed E-state index contributed by atoms with van der Waals surface area (Å²) in [4.78, 5) is 19.4. The number of carbonyl (C=O) groups is 2. The van der Waals surface area contributed by atoms with E-state index in [1.165, 1.54) is 0 Å². The molecule has 1 atom stereocenters. The van der Waals surface area contributed by atoms with Gasteiger partial charge in [0.2, 0.25) is 0 Å². The minimum absolute atomic E-state index is 0. The first-order valence-corrected chi connectivity index (χ1v) is 2.66. The summed E-state index contributed by atoms with van der Waals surface area (Å²) in [7, 11) is 0. The number of aliphatic hydroxyl groups excluding tert-OH is 1. The van der Waals surface area contributed by atoms with Crippen LogP contribution in [0.15, 0.2) is 13.2 Å². The van der Waals surface area contributed by atoms with Crippen LogP contribution in [0, 0.1) is 0 Å². The highest BCUT2D eigenvalue weighted by molar-refractivity contribution is 5.79. The molecule has 0 saturated heterocycles. The molecule has 80 valence electrons. The molecule has 0 aliphatic heterocycles. The lowest BCUT2D eigenvalue weighted by Crippen LogP contribution is -2.22. The van der Waals surface area contributed by atoms with Gasteiger partial charge in [0, 0.05) is 0 Å². The first-order valence-electron chi connectivity index (χ1n) is 2.66. The lowest BCUT2D eigenvalue weighted by atomic mass is 10.3. The number of aliphatic carboxylic acids is 2. The van der Waals surface area contributed by atoms with E-state index >= 15 is 0 Å². The van der Waals surface area contributed by atoms with Crippen LogP contribution in [0.2, 0.25) is 0 Å². The lowest BCUT2D eigenvalue weighted by Gasteiger charge is -1.97. The van der Waals surface area contributed by atoms with E-state index < -0.39 is 24.5 Å². The van der Waals surface area contributed by atoms with Crippen LogP contribution in [0.1, 0.15) is 6.42 Å². The number of carboxylic acids is 2. The minimum atomic E-state index is -1.79. The van der Waals surface area contributed by atoms with Crippen molar-refractivity contribution >= 4 is 11.9 Å². The molecule has 7 heteroatoms. The summed E-state index contributed by atoms with van der Waals surface area (Å²) in [5.74, 6) is -2.85. The Balaban J connectivity index is -0.0000000941. The lowest BCUT2D eigenvalue weighted by molar-refractivity contribution is -0.152. The minimum Gasteiger partial charge on any atom is -0.481 e. The van der Waals surface area contributed by atoms with Crippen molar-refractivity contribution in [1.82, 2.24) is 12.3 Å². The molecule has 13 heavy (non-hydrogen) atoms. The van der Waals surface area contributed by atoms with Crippen molar-refractivity contribution < 1.29 is 24.9 Å². The van der Waals surface area contributed by atoms with Crippen LogP contribution in [0.5, 0.6) is 0 Å². The van der Waals surface area contributed by atoms with Gasteiger partial charge in [0.1, 0.15) is 0 Å². The number of hydrogen-bond donors (Lipinski definition) is 5. The van der Waals surface area contributed by atoms with E-state index in [4.69, 9.17) is 15.3 Å². The molecule has 0 spiro atoms. The summed E-state index contributed by atoms with van der Waals surface area (Å²) < 4.78 is 0. The van der Waals surface area contributed by atoms with Crippen LogP contribution in [-0.2, 0) is 9.59 Å². The number of hydrogen-bond acceptors (Lipinski definition) is 5. The molecule has 0 aromatic carbocycles. The monoisotopic (exact) mass is 196 g/mol. The van der Waals surface area contributed by atoms with Gasteiger partial charge >= 0.3 is 11.9 Å². The fourth-order valence-electron chi connectivity index (χ4n) is 0.253. The topological polar surface area (TPSA) is 165 Å². The summed E-state index contributed by atoms with van der Waals surface area (Å²) >= 11 is 0. The molecule has 0 fully saturated rings. The largest absolute Gasteiger partial charge is 0.481 e. The molecule has 0 radical (unpaired) electrons. The Labute approximate surface area is 75.9 Å². The maximum absolute atomic E-state index is 9.72. The molecular weight excluding hydrogens is 180 g/mol. The van der Waals surface area contributed by atoms with Gasteiger partial charge in [-0.2, -0.15) is 0 Å². The zero-order valence-electron chi connectivity index (χ0n) is 7.27. The molecule has 0 rings (SSSR count). The van der Waals surface area contributed by atoms with Crippen LogP contribution in [0.4, 0.5) is 0 Å². The maximum atomic E-state index is 9.72. The molecule has 0 aromatic rings. The number of aliphatic hydroxyl groups is 1. The second-order valence-electron chi connectivity index (χ2n) is 1.45. The third-order valence-electron chi connectivity index (χ3n) is 0.653. The molecule has 0 heterocycles. The quantitative estimate of drug-likeness (QED) is 0.397. The highest BCUT2D eigenvalue weighted by Gasteiger charge is 2.16. The van der Waals surface area contributed by atoms with E-state index in [0.29, 0.717) is 0 Å². The fourth-order valence-corrected chi connectivity index (χ4v) is 0.253. The number of carboxylic acid groups (broad SMARTS) is 2. The average Bonchev–Trinajstić information content (AvgIpc) is 1.90. The van der Waals surface area contributed by atoms with Crippen LogP contribution in [0.3, 0.4) is 0 Å². The Hall–Kier alpha value is -1.44. The maximum Gasteiger partial charge on any atom is 0.333 e. The predicted octanol–water partition coefficient (Wildman–Crippen LogP) is 0.0328. The zero-order valence-corrected chi connectivity index (χ0v) is 7.27. The van der Waals surface area contributed by atoms with Gasteiger partial charge in [0.15, 0.2) is 6.10 Å². The Morgan fingerprint density at radius 2 is 1.46 bits per heavy atom. The van der Waals surface area contributed by atoms with Gasteiger partial charge < -0.3 is 27.6 Å². The molecule has 0 aromatic heterocycles. The third kappa shape index (κ3) is 18.0. The first-order chi connectivity index (χ1) is 5.04. The highest BCUT2D eigenvalue weighted by atomic mass is 16.4. The van der Waals surface area contributed by atoms with Crippen LogP contribution < -0.4 is 12.3 Å². The SMILES string of the molecule is C=C.N.N.O=C(O)CC(O)C(=O)O. The molecule has 0 aliphatic rings. The van der Waals surface area contributed by atoms with Crippen molar-refractivity contribution in [3.8, 4) is 0 Å². The fraction of sp³-hybridized carbons (Fsp3) is 0.333. The standard InChI is InChI=1S/C4H6O5.C2H4.2H3N/c5-2(4(8)9)1-3(6)7;1-2;;/h2,5H,1H2,(H,6,7)(H,8,9);1-2H2;2*1H3. The van der Waals surface area contributed by atoms with E-state index in [-0.39, 0.29) is 12.3 Å². The van der Waals surface area contributed by atoms with Crippen molar-refractivity contribution in [3.63, 3.8) is 0 Å². The van der Waals surface area contributed by atoms with Gasteiger partial charge in [0.05, 0.1) is 6.42 Å². The van der Waals surface area contributed by atoms with Crippen molar-refractivity contribution in [2.75, 3.05) is 0 Å².